The van der Waals surface area contributed by atoms with Gasteiger partial charge in [0.1, 0.15) is 0 Å². The molecule has 19 heavy (non-hydrogen) atoms. The highest BCUT2D eigenvalue weighted by Gasteiger charge is 2.12. The molecule has 1 aromatic rings. The molecule has 0 saturated carbocycles. The summed E-state index contributed by atoms with van der Waals surface area (Å²) in [4.78, 5) is 14.1. The maximum atomic E-state index is 11.8. The lowest BCUT2D eigenvalue weighted by molar-refractivity contribution is -0.115. The van der Waals surface area contributed by atoms with Gasteiger partial charge in [0, 0.05) is 30.5 Å². The zero-order valence-corrected chi connectivity index (χ0v) is 11.8. The number of nitrogens with one attached hydrogen (secondary N) is 2. The van der Waals surface area contributed by atoms with E-state index in [0.717, 1.165) is 18.8 Å². The number of hydrogen-bond acceptors (Lipinski definition) is 3. The molecule has 0 unspecified atom stereocenters. The van der Waals surface area contributed by atoms with Crippen LogP contribution in [-0.2, 0) is 4.79 Å². The molecule has 0 aromatic heterocycles. The van der Waals surface area contributed by atoms with Crippen molar-refractivity contribution in [3.05, 3.63) is 24.3 Å². The first-order valence-corrected chi connectivity index (χ1v) is 7.03. The topological polar surface area (TPSA) is 44.4 Å². The molecule has 4 nitrogen and oxygen atoms in total. The van der Waals surface area contributed by atoms with Gasteiger partial charge in [-0.3, -0.25) is 4.79 Å². The largest absolute Gasteiger partial charge is 0.371 e. The Morgan fingerprint density at radius 1 is 1.32 bits per heavy atom. The van der Waals surface area contributed by atoms with Crippen LogP contribution in [0.2, 0.25) is 0 Å². The summed E-state index contributed by atoms with van der Waals surface area (Å²) in [5.74, 6) is 0.00673. The second kappa shape index (κ2) is 6.57. The number of rotatable bonds is 5. The van der Waals surface area contributed by atoms with Gasteiger partial charge in [-0.25, -0.2) is 0 Å². The summed E-state index contributed by atoms with van der Waals surface area (Å²) in [6.07, 6.45) is 2.52. The van der Waals surface area contributed by atoms with Crippen LogP contribution in [0.15, 0.2) is 24.3 Å². The maximum Gasteiger partial charge on any atom is 0.238 e. The normalized spacial score (nSPS) is 15.0. The van der Waals surface area contributed by atoms with E-state index in [1.165, 1.54) is 18.5 Å². The Kier molecular flexibility index (Phi) is 4.80. The second-order valence-electron chi connectivity index (χ2n) is 5.33. The lowest BCUT2D eigenvalue weighted by Crippen LogP contribution is -2.32. The van der Waals surface area contributed by atoms with Crippen molar-refractivity contribution in [3.8, 4) is 0 Å². The number of benzene rings is 1. The van der Waals surface area contributed by atoms with Gasteiger partial charge in [0.2, 0.25) is 5.91 Å². The van der Waals surface area contributed by atoms with E-state index in [2.05, 4.69) is 27.7 Å². The molecular weight excluding hydrogens is 238 g/mol. The van der Waals surface area contributed by atoms with E-state index >= 15 is 0 Å². The highest BCUT2D eigenvalue weighted by atomic mass is 16.1. The van der Waals surface area contributed by atoms with E-state index in [9.17, 15) is 4.79 Å². The van der Waals surface area contributed by atoms with Crippen molar-refractivity contribution in [1.82, 2.24) is 5.32 Å². The summed E-state index contributed by atoms with van der Waals surface area (Å²) in [7, 11) is 0. The Morgan fingerprint density at radius 3 is 2.74 bits per heavy atom. The number of carbonyl (C=O) groups is 1. The predicted octanol–water partition coefficient (Wildman–Crippen LogP) is 2.22. The van der Waals surface area contributed by atoms with Crippen LogP contribution in [0.5, 0.6) is 0 Å². The first-order valence-electron chi connectivity index (χ1n) is 7.03. The molecule has 0 spiro atoms. The molecule has 104 valence electrons. The Morgan fingerprint density at radius 2 is 2.05 bits per heavy atom. The average molecular weight is 261 g/mol. The molecule has 1 aliphatic heterocycles. The average Bonchev–Trinajstić information content (AvgIpc) is 2.90. The zero-order chi connectivity index (χ0) is 13.7. The van der Waals surface area contributed by atoms with Crippen LogP contribution in [0, 0.1) is 0 Å². The van der Waals surface area contributed by atoms with Crippen molar-refractivity contribution in [1.29, 1.82) is 0 Å². The lowest BCUT2D eigenvalue weighted by Gasteiger charge is -2.18. The summed E-state index contributed by atoms with van der Waals surface area (Å²) in [5, 5.41) is 6.05. The van der Waals surface area contributed by atoms with Crippen LogP contribution in [0.25, 0.3) is 0 Å². The number of amides is 1. The SMILES string of the molecule is CC(C)NCC(=O)Nc1cccc(N2CCCC2)c1. The molecule has 1 heterocycles. The van der Waals surface area contributed by atoms with Crippen molar-refractivity contribution in [2.45, 2.75) is 32.7 Å². The zero-order valence-electron chi connectivity index (χ0n) is 11.8. The molecule has 1 aliphatic rings. The van der Waals surface area contributed by atoms with E-state index in [1.807, 2.05) is 26.0 Å². The first kappa shape index (κ1) is 13.9. The van der Waals surface area contributed by atoms with Crippen molar-refractivity contribution in [2.75, 3.05) is 29.9 Å². The fourth-order valence-electron chi connectivity index (χ4n) is 2.26. The molecule has 1 fully saturated rings. The van der Waals surface area contributed by atoms with Crippen molar-refractivity contribution in [2.24, 2.45) is 0 Å². The Bertz CT molecular complexity index is 425. The van der Waals surface area contributed by atoms with E-state index in [4.69, 9.17) is 0 Å². The second-order valence-corrected chi connectivity index (χ2v) is 5.33. The minimum atomic E-state index is 0.00673. The van der Waals surface area contributed by atoms with Crippen LogP contribution in [0.4, 0.5) is 11.4 Å². The van der Waals surface area contributed by atoms with Crippen molar-refractivity contribution in [3.63, 3.8) is 0 Å². The fourth-order valence-corrected chi connectivity index (χ4v) is 2.26. The summed E-state index contributed by atoms with van der Waals surface area (Å²) < 4.78 is 0. The number of carbonyl (C=O) groups excluding carboxylic acids is 1. The van der Waals surface area contributed by atoms with Crippen LogP contribution >= 0.6 is 0 Å². The number of anilines is 2. The molecule has 0 atom stereocenters. The first-order chi connectivity index (χ1) is 9.15. The summed E-state index contributed by atoms with van der Waals surface area (Å²) >= 11 is 0. The van der Waals surface area contributed by atoms with Gasteiger partial charge in [-0.2, -0.15) is 0 Å². The molecule has 0 bridgehead atoms. The summed E-state index contributed by atoms with van der Waals surface area (Å²) in [6, 6.07) is 8.42. The third-order valence-corrected chi connectivity index (χ3v) is 3.27. The van der Waals surface area contributed by atoms with E-state index < -0.39 is 0 Å². The molecule has 0 aliphatic carbocycles. The van der Waals surface area contributed by atoms with Gasteiger partial charge in [-0.1, -0.05) is 19.9 Å². The highest BCUT2D eigenvalue weighted by molar-refractivity contribution is 5.92. The van der Waals surface area contributed by atoms with Gasteiger partial charge >= 0.3 is 0 Å². The molecule has 1 aromatic carbocycles. The summed E-state index contributed by atoms with van der Waals surface area (Å²) in [5.41, 5.74) is 2.08. The monoisotopic (exact) mass is 261 g/mol. The van der Waals surface area contributed by atoms with Gasteiger partial charge in [0.25, 0.3) is 0 Å². The van der Waals surface area contributed by atoms with Gasteiger partial charge in [-0.15, -0.1) is 0 Å². The summed E-state index contributed by atoms with van der Waals surface area (Å²) in [6.45, 7) is 6.65. The highest BCUT2D eigenvalue weighted by Crippen LogP contribution is 2.23. The third-order valence-electron chi connectivity index (χ3n) is 3.27. The molecular formula is C15H23N3O. The minimum Gasteiger partial charge on any atom is -0.371 e. The molecule has 0 radical (unpaired) electrons. The van der Waals surface area contributed by atoms with Crippen LogP contribution in [0.1, 0.15) is 26.7 Å². The molecule has 1 amide bonds. The minimum absolute atomic E-state index is 0.00673. The van der Waals surface area contributed by atoms with E-state index in [-0.39, 0.29) is 5.91 Å². The fraction of sp³-hybridized carbons (Fsp3) is 0.533. The van der Waals surface area contributed by atoms with E-state index in [0.29, 0.717) is 12.6 Å². The number of nitrogens with zero attached hydrogens (tertiary/aromatic N) is 1. The smallest absolute Gasteiger partial charge is 0.238 e. The Labute approximate surface area is 115 Å². The standard InChI is InChI=1S/C15H23N3O/c1-12(2)16-11-15(19)17-13-6-5-7-14(10-13)18-8-3-4-9-18/h5-7,10,12,16H,3-4,8-9,11H2,1-2H3,(H,17,19). The van der Waals surface area contributed by atoms with Gasteiger partial charge < -0.3 is 15.5 Å². The molecule has 2 N–H and O–H groups in total. The third kappa shape index (κ3) is 4.24. The van der Waals surface area contributed by atoms with Gasteiger partial charge in [0.05, 0.1) is 6.54 Å². The predicted molar refractivity (Wildman–Crippen MR) is 79.7 cm³/mol. The Hall–Kier alpha value is -1.55. The molecule has 2 rings (SSSR count). The van der Waals surface area contributed by atoms with Crippen molar-refractivity contribution >= 4 is 17.3 Å². The van der Waals surface area contributed by atoms with Gasteiger partial charge in [-0.05, 0) is 31.0 Å². The maximum absolute atomic E-state index is 11.8. The molecule has 4 heteroatoms. The van der Waals surface area contributed by atoms with Crippen LogP contribution < -0.4 is 15.5 Å². The van der Waals surface area contributed by atoms with Crippen molar-refractivity contribution < 1.29 is 4.79 Å². The van der Waals surface area contributed by atoms with Crippen LogP contribution in [-0.4, -0.2) is 31.6 Å². The van der Waals surface area contributed by atoms with E-state index in [1.54, 1.807) is 0 Å². The van der Waals surface area contributed by atoms with Gasteiger partial charge in [0.15, 0.2) is 0 Å². The Balaban J connectivity index is 1.93. The van der Waals surface area contributed by atoms with Crippen LogP contribution in [0.3, 0.4) is 0 Å². The lowest BCUT2D eigenvalue weighted by atomic mass is 10.2. The number of hydrogen-bond donors (Lipinski definition) is 2. The molecule has 1 saturated heterocycles. The quantitative estimate of drug-likeness (QED) is 0.854.